The predicted molar refractivity (Wildman–Crippen MR) is 70.7 cm³/mol. The van der Waals surface area contributed by atoms with Crippen LogP contribution in [0.2, 0.25) is 11.6 Å². The van der Waals surface area contributed by atoms with Crippen molar-refractivity contribution in [1.29, 1.82) is 0 Å². The highest BCUT2D eigenvalue weighted by Gasteiger charge is 2.31. The summed E-state index contributed by atoms with van der Waals surface area (Å²) in [6.07, 6.45) is 7.70. The second-order valence-corrected chi connectivity index (χ2v) is 4.61. The zero-order chi connectivity index (χ0) is 11.7. The van der Waals surface area contributed by atoms with Crippen LogP contribution >= 0.6 is 0 Å². The Morgan fingerprint density at radius 2 is 1.27 bits per heavy atom. The van der Waals surface area contributed by atoms with E-state index in [4.69, 9.17) is 4.65 Å². The van der Waals surface area contributed by atoms with Crippen molar-refractivity contribution in [2.24, 2.45) is 0 Å². The highest BCUT2D eigenvalue weighted by Crippen LogP contribution is 2.33. The fourth-order valence-corrected chi connectivity index (χ4v) is 2.71. The molecule has 15 heavy (non-hydrogen) atoms. The van der Waals surface area contributed by atoms with Crippen molar-refractivity contribution in [3.63, 3.8) is 0 Å². The van der Waals surface area contributed by atoms with Crippen molar-refractivity contribution in [1.82, 2.24) is 0 Å². The minimum atomic E-state index is 0.486. The first-order valence-electron chi connectivity index (χ1n) is 6.77. The van der Waals surface area contributed by atoms with Gasteiger partial charge in [-0.1, -0.05) is 66.2 Å². The normalized spacial score (nSPS) is 15.0. The predicted octanol–water partition coefficient (Wildman–Crippen LogP) is 4.78. The molecule has 0 unspecified atom stereocenters. The monoisotopic (exact) mass is 212 g/mol. The molecule has 2 heteroatoms. The molecule has 0 saturated heterocycles. The third-order valence-corrected chi connectivity index (χ3v) is 3.57. The van der Waals surface area contributed by atoms with Crippen molar-refractivity contribution in [3.05, 3.63) is 0 Å². The van der Waals surface area contributed by atoms with Gasteiger partial charge in [0.05, 0.1) is 0 Å². The first kappa shape index (κ1) is 15.0. The lowest BCUT2D eigenvalue weighted by Gasteiger charge is -2.28. The lowest BCUT2D eigenvalue weighted by Crippen LogP contribution is -2.29. The fourth-order valence-electron chi connectivity index (χ4n) is 2.71. The molecule has 0 aromatic rings. The second kappa shape index (κ2) is 9.27. The second-order valence-electron chi connectivity index (χ2n) is 4.61. The molecule has 0 radical (unpaired) electrons. The minimum Gasteiger partial charge on any atom is -0.438 e. The summed E-state index contributed by atoms with van der Waals surface area (Å²) >= 11 is 0. The van der Waals surface area contributed by atoms with Crippen molar-refractivity contribution >= 4 is 6.92 Å². The van der Waals surface area contributed by atoms with E-state index >= 15 is 0 Å². The topological polar surface area (TPSA) is 9.23 Å². The fraction of sp³-hybridized carbons (Fsp3) is 1.00. The summed E-state index contributed by atoms with van der Waals surface area (Å²) in [6.45, 7) is 9.63. The van der Waals surface area contributed by atoms with E-state index in [-0.39, 0.29) is 0 Å². The van der Waals surface area contributed by atoms with Crippen molar-refractivity contribution in [3.8, 4) is 0 Å². The van der Waals surface area contributed by atoms with E-state index in [1.54, 1.807) is 0 Å². The standard InChI is InChI=1S/C13H29BO/c1-6-10-12(8-3)14(15-5)13(9-4)11-7-2/h12-13H,6-11H2,1-5H3/t12-,13-/m1/s1. The van der Waals surface area contributed by atoms with Gasteiger partial charge in [-0.05, 0) is 11.6 Å². The number of hydrogen-bond donors (Lipinski definition) is 0. The lowest BCUT2D eigenvalue weighted by molar-refractivity contribution is 0.377. The molecule has 1 nitrogen and oxygen atoms in total. The Bertz CT molecular complexity index is 124. The van der Waals surface area contributed by atoms with Crippen molar-refractivity contribution in [2.45, 2.75) is 77.9 Å². The summed E-state index contributed by atoms with van der Waals surface area (Å²) in [4.78, 5) is 0. The molecule has 0 saturated carbocycles. The van der Waals surface area contributed by atoms with Gasteiger partial charge in [-0.15, -0.1) is 0 Å². The summed E-state index contributed by atoms with van der Waals surface area (Å²) in [7, 11) is 1.89. The van der Waals surface area contributed by atoms with Crippen LogP contribution in [0.25, 0.3) is 0 Å². The van der Waals surface area contributed by atoms with Crippen LogP contribution in [0.3, 0.4) is 0 Å². The highest BCUT2D eigenvalue weighted by molar-refractivity contribution is 6.55. The molecule has 0 aromatic carbocycles. The van der Waals surface area contributed by atoms with Gasteiger partial charge in [0.1, 0.15) is 0 Å². The molecule has 0 aliphatic heterocycles. The van der Waals surface area contributed by atoms with E-state index < -0.39 is 0 Å². The van der Waals surface area contributed by atoms with E-state index in [2.05, 4.69) is 27.7 Å². The van der Waals surface area contributed by atoms with Gasteiger partial charge >= 0.3 is 0 Å². The molecule has 0 aromatic heterocycles. The molecular weight excluding hydrogens is 183 g/mol. The van der Waals surface area contributed by atoms with Crippen LogP contribution in [0.5, 0.6) is 0 Å². The first-order chi connectivity index (χ1) is 7.24. The van der Waals surface area contributed by atoms with E-state index in [0.717, 1.165) is 11.6 Å². The molecule has 0 heterocycles. The van der Waals surface area contributed by atoms with Gasteiger partial charge in [-0.25, -0.2) is 0 Å². The van der Waals surface area contributed by atoms with E-state index in [1.807, 2.05) is 7.11 Å². The average molecular weight is 212 g/mol. The molecule has 0 spiro atoms. The van der Waals surface area contributed by atoms with E-state index in [0.29, 0.717) is 6.92 Å². The Morgan fingerprint density at radius 1 is 0.867 bits per heavy atom. The lowest BCUT2D eigenvalue weighted by atomic mass is 9.44. The number of hydrogen-bond acceptors (Lipinski definition) is 1. The Labute approximate surface area is 97.1 Å². The molecule has 0 aliphatic rings. The van der Waals surface area contributed by atoms with Crippen molar-refractivity contribution < 1.29 is 4.65 Å². The molecule has 0 aliphatic carbocycles. The SMILES string of the molecule is CCC[C@@H](CC)B(OC)[C@H](CC)CCC. The Morgan fingerprint density at radius 3 is 1.47 bits per heavy atom. The first-order valence-corrected chi connectivity index (χ1v) is 6.77. The molecular formula is C13H29BO. The Hall–Kier alpha value is 0.0249. The van der Waals surface area contributed by atoms with Crippen LogP contribution < -0.4 is 0 Å². The molecule has 2 atom stereocenters. The highest BCUT2D eigenvalue weighted by atomic mass is 16.4. The minimum absolute atomic E-state index is 0.486. The largest absolute Gasteiger partial charge is 0.438 e. The van der Waals surface area contributed by atoms with E-state index in [9.17, 15) is 0 Å². The maximum atomic E-state index is 5.76. The quantitative estimate of drug-likeness (QED) is 0.499. The zero-order valence-electron chi connectivity index (χ0n) is 11.4. The third-order valence-electron chi connectivity index (χ3n) is 3.57. The van der Waals surface area contributed by atoms with Gasteiger partial charge in [0, 0.05) is 7.11 Å². The Balaban J connectivity index is 4.37. The molecule has 0 N–H and O–H groups in total. The van der Waals surface area contributed by atoms with Gasteiger partial charge in [0.15, 0.2) is 0 Å². The van der Waals surface area contributed by atoms with Gasteiger partial charge in [0.25, 0.3) is 6.92 Å². The number of rotatable bonds is 9. The van der Waals surface area contributed by atoms with Crippen LogP contribution in [0.4, 0.5) is 0 Å². The summed E-state index contributed by atoms with van der Waals surface area (Å²) in [5.74, 6) is 1.52. The van der Waals surface area contributed by atoms with Crippen molar-refractivity contribution in [2.75, 3.05) is 7.11 Å². The maximum Gasteiger partial charge on any atom is 0.298 e. The Kier molecular flexibility index (Phi) is 9.28. The molecule has 0 amide bonds. The van der Waals surface area contributed by atoms with Crippen LogP contribution in [-0.2, 0) is 4.65 Å². The van der Waals surface area contributed by atoms with Crippen LogP contribution in [-0.4, -0.2) is 14.0 Å². The van der Waals surface area contributed by atoms with E-state index in [1.165, 1.54) is 38.5 Å². The van der Waals surface area contributed by atoms with Gasteiger partial charge in [-0.2, -0.15) is 0 Å². The summed E-state index contributed by atoms with van der Waals surface area (Å²) in [6, 6.07) is 0. The van der Waals surface area contributed by atoms with Crippen LogP contribution in [0.1, 0.15) is 66.2 Å². The third kappa shape index (κ3) is 5.06. The van der Waals surface area contributed by atoms with Crippen LogP contribution in [0, 0.1) is 0 Å². The molecule has 0 fully saturated rings. The smallest absolute Gasteiger partial charge is 0.298 e. The van der Waals surface area contributed by atoms with Crippen LogP contribution in [0.15, 0.2) is 0 Å². The summed E-state index contributed by atoms with van der Waals surface area (Å²) in [5, 5.41) is 0. The van der Waals surface area contributed by atoms with Gasteiger partial charge in [0.2, 0.25) is 0 Å². The van der Waals surface area contributed by atoms with Gasteiger partial charge in [-0.3, -0.25) is 0 Å². The average Bonchev–Trinajstić information content (AvgIpc) is 2.27. The molecule has 90 valence electrons. The summed E-state index contributed by atoms with van der Waals surface area (Å²) < 4.78 is 5.76. The molecule has 0 rings (SSSR count). The zero-order valence-corrected chi connectivity index (χ0v) is 11.4. The maximum absolute atomic E-state index is 5.76. The molecule has 0 bridgehead atoms. The summed E-state index contributed by atoms with van der Waals surface area (Å²) in [5.41, 5.74) is 0. The van der Waals surface area contributed by atoms with Gasteiger partial charge < -0.3 is 4.65 Å².